The largest absolute Gasteiger partial charge is 0.330 e. The molecule has 3 N–H and O–H groups in total. The second kappa shape index (κ2) is 3.42. The van der Waals surface area contributed by atoms with Gasteiger partial charge in [0.1, 0.15) is 0 Å². The first-order chi connectivity index (χ1) is 6.72. The lowest BCUT2D eigenvalue weighted by Gasteiger charge is -2.04. The van der Waals surface area contributed by atoms with Crippen molar-refractivity contribution in [3.8, 4) is 0 Å². The molecule has 3 heteroatoms. The monoisotopic (exact) mass is 190 g/mol. The lowest BCUT2D eigenvalue weighted by atomic mass is 9.99. The second-order valence-electron chi connectivity index (χ2n) is 3.67. The Balaban J connectivity index is 2.36. The van der Waals surface area contributed by atoms with Gasteiger partial charge in [0.2, 0.25) is 5.91 Å². The van der Waals surface area contributed by atoms with Gasteiger partial charge in [-0.15, -0.1) is 0 Å². The molecule has 3 nitrogen and oxygen atoms in total. The molecule has 0 saturated carbocycles. The van der Waals surface area contributed by atoms with Gasteiger partial charge in [-0.3, -0.25) is 4.79 Å². The van der Waals surface area contributed by atoms with Crippen molar-refractivity contribution in [1.82, 2.24) is 0 Å². The fourth-order valence-electron chi connectivity index (χ4n) is 1.79. The number of nitrogens with one attached hydrogen (secondary N) is 1. The van der Waals surface area contributed by atoms with Gasteiger partial charge in [0.15, 0.2) is 0 Å². The molecule has 0 spiro atoms. The van der Waals surface area contributed by atoms with E-state index in [0.29, 0.717) is 6.54 Å². The van der Waals surface area contributed by atoms with Crippen molar-refractivity contribution in [1.29, 1.82) is 0 Å². The topological polar surface area (TPSA) is 55.1 Å². The highest BCUT2D eigenvalue weighted by Gasteiger charge is 2.26. The van der Waals surface area contributed by atoms with Crippen LogP contribution in [0.5, 0.6) is 0 Å². The van der Waals surface area contributed by atoms with Gasteiger partial charge in [-0.1, -0.05) is 12.1 Å². The predicted molar refractivity (Wildman–Crippen MR) is 56.2 cm³/mol. The summed E-state index contributed by atoms with van der Waals surface area (Å²) in [6.07, 6.45) is 0.869. The number of anilines is 1. The van der Waals surface area contributed by atoms with Crippen molar-refractivity contribution in [3.05, 3.63) is 29.3 Å². The molecule has 1 aliphatic heterocycles. The van der Waals surface area contributed by atoms with Crippen molar-refractivity contribution >= 4 is 11.6 Å². The minimum absolute atomic E-state index is 0.0253. The third-order valence-electron chi connectivity index (χ3n) is 2.67. The van der Waals surface area contributed by atoms with Gasteiger partial charge >= 0.3 is 0 Å². The SMILES string of the molecule is CC1C(=O)Nc2ccc(CCN)cc21. The molecule has 0 aliphatic carbocycles. The van der Waals surface area contributed by atoms with Crippen LogP contribution in [0, 0.1) is 0 Å². The van der Waals surface area contributed by atoms with Crippen molar-refractivity contribution < 1.29 is 4.79 Å². The Morgan fingerprint density at radius 3 is 3.00 bits per heavy atom. The molecule has 0 aromatic heterocycles. The summed E-state index contributed by atoms with van der Waals surface area (Å²) in [5, 5.41) is 2.85. The summed E-state index contributed by atoms with van der Waals surface area (Å²) in [4.78, 5) is 11.4. The van der Waals surface area contributed by atoms with Crippen molar-refractivity contribution in [2.75, 3.05) is 11.9 Å². The standard InChI is InChI=1S/C11H14N2O/c1-7-9-6-8(4-5-12)2-3-10(9)13-11(7)14/h2-3,6-7H,4-5,12H2,1H3,(H,13,14). The first-order valence-corrected chi connectivity index (χ1v) is 4.86. The van der Waals surface area contributed by atoms with E-state index in [1.807, 2.05) is 19.1 Å². The van der Waals surface area contributed by atoms with Crippen LogP contribution < -0.4 is 11.1 Å². The maximum atomic E-state index is 11.4. The number of carbonyl (C=O) groups is 1. The molecule has 1 aliphatic rings. The number of fused-ring (bicyclic) bond motifs is 1. The Hall–Kier alpha value is -1.35. The summed E-state index contributed by atoms with van der Waals surface area (Å²) < 4.78 is 0. The number of hydrogen-bond donors (Lipinski definition) is 2. The lowest BCUT2D eigenvalue weighted by Crippen LogP contribution is -2.08. The van der Waals surface area contributed by atoms with Gasteiger partial charge < -0.3 is 11.1 Å². The molecular weight excluding hydrogens is 176 g/mol. The van der Waals surface area contributed by atoms with Crippen LogP contribution in [0.2, 0.25) is 0 Å². The smallest absolute Gasteiger partial charge is 0.231 e. The summed E-state index contributed by atoms with van der Waals surface area (Å²) in [5.41, 5.74) is 8.73. The molecule has 1 aromatic carbocycles. The highest BCUT2D eigenvalue weighted by molar-refractivity contribution is 6.02. The molecule has 0 radical (unpaired) electrons. The van der Waals surface area contributed by atoms with E-state index in [-0.39, 0.29) is 11.8 Å². The fourth-order valence-corrected chi connectivity index (χ4v) is 1.79. The normalized spacial score (nSPS) is 19.3. The highest BCUT2D eigenvalue weighted by Crippen LogP contribution is 2.32. The van der Waals surface area contributed by atoms with Gasteiger partial charge in [-0.2, -0.15) is 0 Å². The summed E-state index contributed by atoms with van der Waals surface area (Å²) in [7, 11) is 0. The Kier molecular flexibility index (Phi) is 2.25. The Morgan fingerprint density at radius 1 is 1.50 bits per heavy atom. The van der Waals surface area contributed by atoms with Gasteiger partial charge in [0, 0.05) is 5.69 Å². The van der Waals surface area contributed by atoms with Crippen LogP contribution >= 0.6 is 0 Å². The fraction of sp³-hybridized carbons (Fsp3) is 0.364. The molecule has 0 fully saturated rings. The van der Waals surface area contributed by atoms with Crippen molar-refractivity contribution in [3.63, 3.8) is 0 Å². The molecule has 74 valence electrons. The average molecular weight is 190 g/mol. The van der Waals surface area contributed by atoms with E-state index in [2.05, 4.69) is 11.4 Å². The van der Waals surface area contributed by atoms with Crippen LogP contribution in [-0.2, 0) is 11.2 Å². The number of rotatable bonds is 2. The van der Waals surface area contributed by atoms with Crippen LogP contribution in [0.1, 0.15) is 24.0 Å². The van der Waals surface area contributed by atoms with E-state index < -0.39 is 0 Å². The number of hydrogen-bond acceptors (Lipinski definition) is 2. The Bertz CT molecular complexity index is 374. The minimum atomic E-state index is -0.0253. The van der Waals surface area contributed by atoms with Crippen LogP contribution in [0.15, 0.2) is 18.2 Å². The maximum absolute atomic E-state index is 11.4. The summed E-state index contributed by atoms with van der Waals surface area (Å²) in [6, 6.07) is 6.05. The van der Waals surface area contributed by atoms with Crippen LogP contribution in [0.25, 0.3) is 0 Å². The molecule has 1 amide bonds. The first-order valence-electron chi connectivity index (χ1n) is 4.86. The molecule has 1 atom stereocenters. The summed E-state index contributed by atoms with van der Waals surface area (Å²) in [6.45, 7) is 2.57. The van der Waals surface area contributed by atoms with Crippen LogP contribution in [0.3, 0.4) is 0 Å². The van der Waals surface area contributed by atoms with E-state index in [0.717, 1.165) is 17.7 Å². The third-order valence-corrected chi connectivity index (χ3v) is 2.67. The first kappa shape index (κ1) is 9.21. The minimum Gasteiger partial charge on any atom is -0.330 e. The number of nitrogens with two attached hydrogens (primary N) is 1. The zero-order valence-electron chi connectivity index (χ0n) is 8.21. The average Bonchev–Trinajstić information content (AvgIpc) is 2.45. The number of carbonyl (C=O) groups excluding carboxylic acids is 1. The zero-order chi connectivity index (χ0) is 10.1. The molecule has 1 unspecified atom stereocenters. The third kappa shape index (κ3) is 1.40. The number of amides is 1. The van der Waals surface area contributed by atoms with Gasteiger partial charge in [0.25, 0.3) is 0 Å². The zero-order valence-corrected chi connectivity index (χ0v) is 8.21. The maximum Gasteiger partial charge on any atom is 0.231 e. The Morgan fingerprint density at radius 2 is 2.29 bits per heavy atom. The molecule has 2 rings (SSSR count). The van der Waals surface area contributed by atoms with Crippen molar-refractivity contribution in [2.24, 2.45) is 5.73 Å². The number of benzene rings is 1. The molecule has 14 heavy (non-hydrogen) atoms. The van der Waals surface area contributed by atoms with Gasteiger partial charge in [-0.05, 0) is 37.1 Å². The van der Waals surface area contributed by atoms with E-state index in [9.17, 15) is 4.79 Å². The summed E-state index contributed by atoms with van der Waals surface area (Å²) >= 11 is 0. The molecular formula is C11H14N2O. The predicted octanol–water partition coefficient (Wildman–Crippen LogP) is 1.24. The van der Waals surface area contributed by atoms with E-state index in [4.69, 9.17) is 5.73 Å². The second-order valence-corrected chi connectivity index (χ2v) is 3.67. The summed E-state index contributed by atoms with van der Waals surface area (Å²) in [5.74, 6) is 0.0626. The van der Waals surface area contributed by atoms with Gasteiger partial charge in [-0.25, -0.2) is 0 Å². The molecule has 0 saturated heterocycles. The van der Waals surface area contributed by atoms with Crippen LogP contribution in [0.4, 0.5) is 5.69 Å². The van der Waals surface area contributed by atoms with E-state index >= 15 is 0 Å². The quantitative estimate of drug-likeness (QED) is 0.737. The highest BCUT2D eigenvalue weighted by atomic mass is 16.2. The van der Waals surface area contributed by atoms with Crippen LogP contribution in [-0.4, -0.2) is 12.5 Å². The van der Waals surface area contributed by atoms with Crippen molar-refractivity contribution in [2.45, 2.75) is 19.3 Å². The van der Waals surface area contributed by atoms with Gasteiger partial charge in [0.05, 0.1) is 5.92 Å². The Labute approximate surface area is 83.3 Å². The molecule has 0 bridgehead atoms. The van der Waals surface area contributed by atoms with E-state index in [1.54, 1.807) is 0 Å². The van der Waals surface area contributed by atoms with E-state index in [1.165, 1.54) is 5.56 Å². The molecule has 1 heterocycles. The lowest BCUT2D eigenvalue weighted by molar-refractivity contribution is -0.116. The molecule has 1 aromatic rings.